The first-order valence-corrected chi connectivity index (χ1v) is 11.2. The van der Waals surface area contributed by atoms with E-state index in [1.54, 1.807) is 11.3 Å². The van der Waals surface area contributed by atoms with Crippen molar-refractivity contribution >= 4 is 17.2 Å². The molecule has 4 rings (SSSR count). The Morgan fingerprint density at radius 3 is 2.45 bits per heavy atom. The fraction of sp³-hybridized carbons (Fsp3) is 0.333. The van der Waals surface area contributed by atoms with E-state index in [1.807, 2.05) is 35.7 Å². The zero-order chi connectivity index (χ0) is 19.9. The Labute approximate surface area is 176 Å². The van der Waals surface area contributed by atoms with Crippen LogP contribution in [-0.4, -0.2) is 28.9 Å². The molecule has 0 unspecified atom stereocenters. The summed E-state index contributed by atoms with van der Waals surface area (Å²) >= 11 is 1.58. The summed E-state index contributed by atoms with van der Waals surface area (Å²) in [4.78, 5) is 19.4. The van der Waals surface area contributed by atoms with Crippen molar-refractivity contribution in [2.24, 2.45) is 0 Å². The maximum absolute atomic E-state index is 12.3. The van der Waals surface area contributed by atoms with E-state index in [4.69, 9.17) is 0 Å². The second-order valence-electron chi connectivity index (χ2n) is 7.62. The highest BCUT2D eigenvalue weighted by molar-refractivity contribution is 7.13. The van der Waals surface area contributed by atoms with E-state index in [2.05, 4.69) is 39.5 Å². The molecule has 1 saturated heterocycles. The van der Waals surface area contributed by atoms with Gasteiger partial charge in [-0.1, -0.05) is 61.0 Å². The van der Waals surface area contributed by atoms with E-state index in [0.717, 1.165) is 28.4 Å². The molecule has 4 nitrogen and oxygen atoms in total. The number of thiazole rings is 1. The minimum atomic E-state index is 0.00676. The van der Waals surface area contributed by atoms with Gasteiger partial charge in [0.05, 0.1) is 12.1 Å². The van der Waals surface area contributed by atoms with E-state index in [0.29, 0.717) is 13.0 Å². The van der Waals surface area contributed by atoms with Crippen LogP contribution in [0.1, 0.15) is 36.1 Å². The topological polar surface area (TPSA) is 45.2 Å². The predicted molar refractivity (Wildman–Crippen MR) is 119 cm³/mol. The molecule has 150 valence electrons. The van der Waals surface area contributed by atoms with Crippen molar-refractivity contribution in [2.45, 2.75) is 38.8 Å². The van der Waals surface area contributed by atoms with Crippen molar-refractivity contribution in [3.63, 3.8) is 0 Å². The zero-order valence-corrected chi connectivity index (χ0v) is 17.5. The highest BCUT2D eigenvalue weighted by atomic mass is 32.1. The number of aromatic nitrogens is 1. The molecule has 29 heavy (non-hydrogen) atoms. The smallest absolute Gasteiger partial charge is 0.226 e. The molecule has 0 bridgehead atoms. The van der Waals surface area contributed by atoms with Gasteiger partial charge >= 0.3 is 0 Å². The van der Waals surface area contributed by atoms with Crippen LogP contribution in [-0.2, 0) is 24.3 Å². The van der Waals surface area contributed by atoms with Crippen LogP contribution in [0, 0.1) is 0 Å². The van der Waals surface area contributed by atoms with Crippen molar-refractivity contribution in [1.82, 2.24) is 15.2 Å². The molecule has 0 aliphatic carbocycles. The Morgan fingerprint density at radius 1 is 0.966 bits per heavy atom. The van der Waals surface area contributed by atoms with Crippen molar-refractivity contribution < 1.29 is 4.79 Å². The van der Waals surface area contributed by atoms with Gasteiger partial charge in [-0.25, -0.2) is 4.98 Å². The lowest BCUT2D eigenvalue weighted by molar-refractivity contribution is -0.120. The maximum Gasteiger partial charge on any atom is 0.226 e. The van der Waals surface area contributed by atoms with Crippen LogP contribution < -0.4 is 5.32 Å². The van der Waals surface area contributed by atoms with Crippen LogP contribution >= 0.6 is 11.3 Å². The maximum atomic E-state index is 12.3. The molecule has 1 fully saturated rings. The number of nitrogens with one attached hydrogen (secondary N) is 1. The predicted octanol–water partition coefficient (Wildman–Crippen LogP) is 4.65. The lowest BCUT2D eigenvalue weighted by Gasteiger charge is -2.26. The Kier molecular flexibility index (Phi) is 6.70. The summed E-state index contributed by atoms with van der Waals surface area (Å²) in [6.45, 7) is 4.00. The van der Waals surface area contributed by atoms with E-state index < -0.39 is 0 Å². The van der Waals surface area contributed by atoms with Gasteiger partial charge in [-0.2, -0.15) is 0 Å². The Hall–Kier alpha value is -2.50. The molecule has 2 aromatic carbocycles. The van der Waals surface area contributed by atoms with Crippen LogP contribution in [0.15, 0.2) is 60.0 Å². The number of carbonyl (C=O) groups excluding carboxylic acids is 1. The second-order valence-corrected chi connectivity index (χ2v) is 8.47. The molecule has 1 amide bonds. The van der Waals surface area contributed by atoms with Crippen LogP contribution in [0.25, 0.3) is 10.6 Å². The highest BCUT2D eigenvalue weighted by Crippen LogP contribution is 2.23. The molecule has 0 radical (unpaired) electrons. The van der Waals surface area contributed by atoms with Crippen LogP contribution in [0.2, 0.25) is 0 Å². The monoisotopic (exact) mass is 405 g/mol. The number of hydrogen-bond donors (Lipinski definition) is 1. The average molecular weight is 406 g/mol. The molecule has 0 atom stereocenters. The summed E-state index contributed by atoms with van der Waals surface area (Å²) in [5.41, 5.74) is 4.39. The van der Waals surface area contributed by atoms with Gasteiger partial charge in [-0.15, -0.1) is 11.3 Å². The first-order chi connectivity index (χ1) is 14.3. The third kappa shape index (κ3) is 5.75. The molecular weight excluding hydrogens is 378 g/mol. The number of nitrogens with zero attached hydrogens (tertiary/aromatic N) is 2. The highest BCUT2D eigenvalue weighted by Gasteiger charge is 2.11. The van der Waals surface area contributed by atoms with E-state index >= 15 is 0 Å². The number of rotatable bonds is 7. The zero-order valence-electron chi connectivity index (χ0n) is 16.6. The van der Waals surface area contributed by atoms with Gasteiger partial charge in [-0.3, -0.25) is 9.69 Å². The van der Waals surface area contributed by atoms with Crippen LogP contribution in [0.3, 0.4) is 0 Å². The van der Waals surface area contributed by atoms with Crippen molar-refractivity contribution in [3.05, 3.63) is 76.8 Å². The van der Waals surface area contributed by atoms with Gasteiger partial charge in [0.2, 0.25) is 5.91 Å². The number of amides is 1. The van der Waals surface area contributed by atoms with Gasteiger partial charge < -0.3 is 5.32 Å². The summed E-state index contributed by atoms with van der Waals surface area (Å²) in [6.07, 6.45) is 4.31. The summed E-state index contributed by atoms with van der Waals surface area (Å²) in [7, 11) is 0. The fourth-order valence-electron chi connectivity index (χ4n) is 3.67. The first kappa shape index (κ1) is 19.8. The quantitative estimate of drug-likeness (QED) is 0.622. The standard InChI is InChI=1S/C24H27N3OS/c28-23(15-22-18-29-24(26-22)21-7-3-1-4-8-21)25-16-19-9-11-20(12-10-19)17-27-13-5-2-6-14-27/h1,3-4,7-12,18H,2,5-6,13-17H2,(H,25,28). The molecule has 1 aliphatic heterocycles. The lowest BCUT2D eigenvalue weighted by atomic mass is 10.1. The molecule has 5 heteroatoms. The molecule has 1 aliphatic rings. The number of benzene rings is 2. The lowest BCUT2D eigenvalue weighted by Crippen LogP contribution is -2.29. The van der Waals surface area contributed by atoms with Gasteiger partial charge in [0, 0.05) is 24.0 Å². The normalized spacial score (nSPS) is 14.6. The van der Waals surface area contributed by atoms with Crippen molar-refractivity contribution in [3.8, 4) is 10.6 Å². The Morgan fingerprint density at radius 2 is 1.69 bits per heavy atom. The van der Waals surface area contributed by atoms with Gasteiger partial charge in [0.15, 0.2) is 0 Å². The molecule has 1 N–H and O–H groups in total. The summed E-state index contributed by atoms with van der Waals surface area (Å²) in [5.74, 6) is 0.00676. The first-order valence-electron chi connectivity index (χ1n) is 10.3. The van der Waals surface area contributed by atoms with Crippen molar-refractivity contribution in [1.29, 1.82) is 0 Å². The number of hydrogen-bond acceptors (Lipinski definition) is 4. The Balaban J connectivity index is 1.25. The molecule has 3 aromatic rings. The fourth-order valence-corrected chi connectivity index (χ4v) is 4.49. The van der Waals surface area contributed by atoms with E-state index in [1.165, 1.54) is 37.9 Å². The third-order valence-corrected chi connectivity index (χ3v) is 6.22. The van der Waals surface area contributed by atoms with E-state index in [-0.39, 0.29) is 5.91 Å². The number of carbonyl (C=O) groups is 1. The summed E-state index contributed by atoms with van der Waals surface area (Å²) < 4.78 is 0. The molecule has 0 spiro atoms. The molecule has 1 aromatic heterocycles. The second kappa shape index (κ2) is 9.81. The number of piperidine rings is 1. The van der Waals surface area contributed by atoms with Crippen LogP contribution in [0.5, 0.6) is 0 Å². The third-order valence-electron chi connectivity index (χ3n) is 5.28. The van der Waals surface area contributed by atoms with Gasteiger partial charge in [0.1, 0.15) is 5.01 Å². The average Bonchev–Trinajstić information content (AvgIpc) is 3.23. The van der Waals surface area contributed by atoms with Gasteiger partial charge in [-0.05, 0) is 37.1 Å². The SMILES string of the molecule is O=C(Cc1csc(-c2ccccc2)n1)NCc1ccc(CN2CCCCC2)cc1. The van der Waals surface area contributed by atoms with Crippen molar-refractivity contribution in [2.75, 3.05) is 13.1 Å². The summed E-state index contributed by atoms with van der Waals surface area (Å²) in [5, 5.41) is 5.94. The van der Waals surface area contributed by atoms with Crippen LogP contribution in [0.4, 0.5) is 0 Å². The Bertz CT molecular complexity index is 915. The minimum absolute atomic E-state index is 0.00676. The molecular formula is C24H27N3OS. The van der Waals surface area contributed by atoms with Gasteiger partial charge in [0.25, 0.3) is 0 Å². The number of likely N-dealkylation sites (tertiary alicyclic amines) is 1. The molecule has 2 heterocycles. The molecule has 0 saturated carbocycles. The van der Waals surface area contributed by atoms with E-state index in [9.17, 15) is 4.79 Å². The largest absolute Gasteiger partial charge is 0.352 e. The summed E-state index contributed by atoms with van der Waals surface area (Å²) in [6, 6.07) is 18.7. The minimum Gasteiger partial charge on any atom is -0.352 e.